The fourth-order valence-electron chi connectivity index (χ4n) is 2.73. The summed E-state index contributed by atoms with van der Waals surface area (Å²) in [5.74, 6) is 0. The van der Waals surface area contributed by atoms with E-state index < -0.39 is 0 Å². The molecule has 1 spiro atoms. The van der Waals surface area contributed by atoms with Crippen molar-refractivity contribution in [3.05, 3.63) is 12.7 Å². The van der Waals surface area contributed by atoms with Crippen LogP contribution < -0.4 is 0 Å². The van der Waals surface area contributed by atoms with Crippen molar-refractivity contribution < 1.29 is 4.79 Å². The largest absolute Gasteiger partial charge is 0.346 e. The molecule has 1 amide bonds. The van der Waals surface area contributed by atoms with Crippen molar-refractivity contribution in [2.75, 3.05) is 26.2 Å². The second-order valence-corrected chi connectivity index (χ2v) is 5.48. The van der Waals surface area contributed by atoms with Gasteiger partial charge in [0.15, 0.2) is 0 Å². The molecule has 2 aliphatic rings. The second kappa shape index (κ2) is 3.53. The highest BCUT2D eigenvalue weighted by molar-refractivity contribution is 5.76. The Kier molecular flexibility index (Phi) is 2.22. The predicted molar refractivity (Wildman–Crippen MR) is 61.5 cm³/mol. The summed E-state index contributed by atoms with van der Waals surface area (Å²) >= 11 is 0. The SMILES string of the molecule is CC(C)N1CC2(CN(C(=O)n3cncn3)C2)C1. The number of amides is 1. The topological polar surface area (TPSA) is 54.3 Å². The van der Waals surface area contributed by atoms with Gasteiger partial charge in [-0.3, -0.25) is 4.90 Å². The minimum Gasteiger partial charge on any atom is -0.321 e. The van der Waals surface area contributed by atoms with Crippen molar-refractivity contribution in [1.29, 1.82) is 0 Å². The van der Waals surface area contributed by atoms with Gasteiger partial charge in [0, 0.05) is 37.6 Å². The minimum absolute atomic E-state index is 0.0591. The van der Waals surface area contributed by atoms with Gasteiger partial charge in [0.05, 0.1) is 0 Å². The molecular weight excluding hydrogens is 218 g/mol. The molecule has 1 aromatic heterocycles. The van der Waals surface area contributed by atoms with E-state index in [0.29, 0.717) is 11.5 Å². The van der Waals surface area contributed by atoms with Gasteiger partial charge in [-0.05, 0) is 13.8 Å². The highest BCUT2D eigenvalue weighted by Crippen LogP contribution is 2.40. The lowest BCUT2D eigenvalue weighted by Gasteiger charge is -2.61. The lowest BCUT2D eigenvalue weighted by molar-refractivity contribution is -0.107. The van der Waals surface area contributed by atoms with E-state index in [1.54, 1.807) is 0 Å². The first kappa shape index (κ1) is 10.7. The molecule has 17 heavy (non-hydrogen) atoms. The number of hydrogen-bond donors (Lipinski definition) is 0. The molecule has 0 bridgehead atoms. The van der Waals surface area contributed by atoms with Crippen LogP contribution in [-0.4, -0.2) is 62.8 Å². The van der Waals surface area contributed by atoms with Gasteiger partial charge in [-0.25, -0.2) is 9.78 Å². The van der Waals surface area contributed by atoms with E-state index in [0.717, 1.165) is 26.2 Å². The Labute approximate surface area is 100 Å². The zero-order valence-corrected chi connectivity index (χ0v) is 10.2. The Morgan fingerprint density at radius 1 is 1.29 bits per heavy atom. The van der Waals surface area contributed by atoms with Gasteiger partial charge >= 0.3 is 6.03 Å². The first-order valence-corrected chi connectivity index (χ1v) is 5.98. The molecule has 0 radical (unpaired) electrons. The Morgan fingerprint density at radius 2 is 2.00 bits per heavy atom. The van der Waals surface area contributed by atoms with E-state index in [2.05, 4.69) is 28.8 Å². The molecule has 1 aromatic rings. The summed E-state index contributed by atoms with van der Waals surface area (Å²) < 4.78 is 1.30. The molecule has 3 rings (SSSR count). The summed E-state index contributed by atoms with van der Waals surface area (Å²) in [7, 11) is 0. The van der Waals surface area contributed by atoms with E-state index in [4.69, 9.17) is 0 Å². The van der Waals surface area contributed by atoms with Gasteiger partial charge in [-0.1, -0.05) is 0 Å². The molecule has 3 heterocycles. The van der Waals surface area contributed by atoms with Crippen LogP contribution in [0.3, 0.4) is 0 Å². The summed E-state index contributed by atoms with van der Waals surface area (Å²) in [6, 6.07) is 0.553. The molecule has 0 unspecified atom stereocenters. The summed E-state index contributed by atoms with van der Waals surface area (Å²) in [5, 5.41) is 3.86. The normalized spacial score (nSPS) is 22.6. The van der Waals surface area contributed by atoms with Crippen LogP contribution in [0.2, 0.25) is 0 Å². The van der Waals surface area contributed by atoms with E-state index in [1.165, 1.54) is 17.3 Å². The van der Waals surface area contributed by atoms with E-state index in [1.807, 2.05) is 4.90 Å². The maximum atomic E-state index is 11.9. The lowest BCUT2D eigenvalue weighted by Crippen LogP contribution is -2.74. The van der Waals surface area contributed by atoms with Gasteiger partial charge in [0.25, 0.3) is 0 Å². The number of nitrogens with zero attached hydrogens (tertiary/aromatic N) is 5. The minimum atomic E-state index is -0.0591. The third kappa shape index (κ3) is 1.63. The fourth-order valence-corrected chi connectivity index (χ4v) is 2.73. The molecule has 0 saturated carbocycles. The molecule has 2 aliphatic heterocycles. The number of hydrogen-bond acceptors (Lipinski definition) is 4. The Hall–Kier alpha value is -1.43. The molecule has 2 fully saturated rings. The van der Waals surface area contributed by atoms with Crippen molar-refractivity contribution >= 4 is 6.03 Å². The average Bonchev–Trinajstić information content (AvgIpc) is 2.64. The third-order valence-electron chi connectivity index (χ3n) is 3.75. The first-order valence-electron chi connectivity index (χ1n) is 5.98. The summed E-state index contributed by atoms with van der Waals surface area (Å²) in [6.45, 7) is 8.37. The van der Waals surface area contributed by atoms with Gasteiger partial charge < -0.3 is 4.90 Å². The number of likely N-dealkylation sites (tertiary alicyclic amines) is 2. The molecule has 0 N–H and O–H groups in total. The number of carbonyl (C=O) groups is 1. The van der Waals surface area contributed by atoms with Crippen LogP contribution in [0.15, 0.2) is 12.7 Å². The van der Waals surface area contributed by atoms with Gasteiger partial charge in [0.1, 0.15) is 12.7 Å². The third-order valence-corrected chi connectivity index (χ3v) is 3.75. The van der Waals surface area contributed by atoms with E-state index in [9.17, 15) is 4.79 Å². The number of rotatable bonds is 1. The van der Waals surface area contributed by atoms with Crippen LogP contribution in [-0.2, 0) is 0 Å². The quantitative estimate of drug-likeness (QED) is 0.701. The van der Waals surface area contributed by atoms with Crippen LogP contribution in [0.5, 0.6) is 0 Å². The number of aromatic nitrogens is 3. The second-order valence-electron chi connectivity index (χ2n) is 5.48. The summed E-state index contributed by atoms with van der Waals surface area (Å²) in [5.41, 5.74) is 0.362. The van der Waals surface area contributed by atoms with Crippen molar-refractivity contribution in [1.82, 2.24) is 24.6 Å². The van der Waals surface area contributed by atoms with Crippen LogP contribution in [0, 0.1) is 5.41 Å². The van der Waals surface area contributed by atoms with Crippen molar-refractivity contribution in [2.24, 2.45) is 5.41 Å². The summed E-state index contributed by atoms with van der Waals surface area (Å²) in [4.78, 5) is 20.0. The molecule has 0 atom stereocenters. The molecule has 0 aliphatic carbocycles. The molecule has 0 aromatic carbocycles. The Morgan fingerprint density at radius 3 is 2.53 bits per heavy atom. The van der Waals surface area contributed by atoms with Crippen molar-refractivity contribution in [2.45, 2.75) is 19.9 Å². The van der Waals surface area contributed by atoms with Crippen LogP contribution in [0.4, 0.5) is 4.79 Å². The maximum absolute atomic E-state index is 11.9. The van der Waals surface area contributed by atoms with Gasteiger partial charge in [-0.2, -0.15) is 9.78 Å². The smallest absolute Gasteiger partial charge is 0.321 e. The molecular formula is C11H17N5O. The summed E-state index contributed by atoms with van der Waals surface area (Å²) in [6.07, 6.45) is 2.84. The Balaban J connectivity index is 1.54. The van der Waals surface area contributed by atoms with Crippen molar-refractivity contribution in [3.8, 4) is 0 Å². The van der Waals surface area contributed by atoms with Crippen molar-refractivity contribution in [3.63, 3.8) is 0 Å². The highest BCUT2D eigenvalue weighted by Gasteiger charge is 2.53. The predicted octanol–water partition coefficient (Wildman–Crippen LogP) is 0.272. The van der Waals surface area contributed by atoms with E-state index in [-0.39, 0.29) is 6.03 Å². The van der Waals surface area contributed by atoms with Crippen LogP contribution >= 0.6 is 0 Å². The average molecular weight is 235 g/mol. The van der Waals surface area contributed by atoms with Gasteiger partial charge in [-0.15, -0.1) is 0 Å². The molecule has 2 saturated heterocycles. The molecule has 92 valence electrons. The standard InChI is InChI=1S/C11H17N5O/c1-9(2)14-3-11(4-14)5-15(6-11)10(17)16-8-12-7-13-16/h7-9H,3-6H2,1-2H3. The van der Waals surface area contributed by atoms with E-state index >= 15 is 0 Å². The maximum Gasteiger partial charge on any atom is 0.346 e. The Bertz CT molecular complexity index is 413. The lowest BCUT2D eigenvalue weighted by atomic mass is 9.72. The van der Waals surface area contributed by atoms with Gasteiger partial charge in [0.2, 0.25) is 0 Å². The zero-order valence-electron chi connectivity index (χ0n) is 10.2. The number of carbonyl (C=O) groups excluding carboxylic acids is 1. The highest BCUT2D eigenvalue weighted by atomic mass is 16.2. The van der Waals surface area contributed by atoms with Crippen LogP contribution in [0.1, 0.15) is 13.8 Å². The zero-order chi connectivity index (χ0) is 12.0. The monoisotopic (exact) mass is 235 g/mol. The fraction of sp³-hybridized carbons (Fsp3) is 0.727. The van der Waals surface area contributed by atoms with Crippen LogP contribution in [0.25, 0.3) is 0 Å². The first-order chi connectivity index (χ1) is 8.10. The molecule has 6 nitrogen and oxygen atoms in total. The molecule has 6 heteroatoms.